The second kappa shape index (κ2) is 8.17. The van der Waals surface area contributed by atoms with Gasteiger partial charge in [-0.25, -0.2) is 0 Å². The van der Waals surface area contributed by atoms with E-state index >= 15 is 0 Å². The fraction of sp³-hybridized carbons (Fsp3) is 0.714. The van der Waals surface area contributed by atoms with Crippen molar-refractivity contribution in [2.75, 3.05) is 52.5 Å². The highest BCUT2D eigenvalue weighted by Crippen LogP contribution is 2.36. The molecule has 1 unspecified atom stereocenters. The number of piperazine rings is 1. The Labute approximate surface area is 152 Å². The quantitative estimate of drug-likeness (QED) is 0.838. The van der Waals surface area contributed by atoms with Gasteiger partial charge in [-0.1, -0.05) is 30.3 Å². The molecule has 0 aliphatic carbocycles. The van der Waals surface area contributed by atoms with Crippen LogP contribution in [0.5, 0.6) is 0 Å². The molecule has 0 N–H and O–H groups in total. The first-order valence-electron chi connectivity index (χ1n) is 10.1. The highest BCUT2D eigenvalue weighted by atomic mass is 16.5. The van der Waals surface area contributed by atoms with Crippen LogP contribution < -0.4 is 0 Å². The van der Waals surface area contributed by atoms with Gasteiger partial charge in [-0.15, -0.1) is 0 Å². The molecule has 0 saturated carbocycles. The molecular formula is C21H32N2O2. The van der Waals surface area contributed by atoms with Gasteiger partial charge in [-0.05, 0) is 37.7 Å². The van der Waals surface area contributed by atoms with Crippen LogP contribution in [0.3, 0.4) is 0 Å². The van der Waals surface area contributed by atoms with Crippen LogP contribution in [0.25, 0.3) is 0 Å². The maximum absolute atomic E-state index is 6.22. The molecule has 0 amide bonds. The summed E-state index contributed by atoms with van der Waals surface area (Å²) in [6.45, 7) is 8.71. The Balaban J connectivity index is 1.24. The summed E-state index contributed by atoms with van der Waals surface area (Å²) in [5.74, 6) is 0. The Morgan fingerprint density at radius 2 is 1.72 bits per heavy atom. The molecule has 138 valence electrons. The van der Waals surface area contributed by atoms with E-state index in [2.05, 4.69) is 40.1 Å². The Kier molecular flexibility index (Phi) is 5.71. The van der Waals surface area contributed by atoms with Crippen molar-refractivity contribution in [3.63, 3.8) is 0 Å². The molecule has 4 nitrogen and oxygen atoms in total. The van der Waals surface area contributed by atoms with Gasteiger partial charge in [-0.2, -0.15) is 0 Å². The van der Waals surface area contributed by atoms with E-state index in [0.29, 0.717) is 6.04 Å². The van der Waals surface area contributed by atoms with E-state index in [1.807, 2.05) is 0 Å². The van der Waals surface area contributed by atoms with Gasteiger partial charge in [0, 0.05) is 58.6 Å². The summed E-state index contributed by atoms with van der Waals surface area (Å²) in [6.07, 6.45) is 5.75. The molecule has 3 fully saturated rings. The van der Waals surface area contributed by atoms with Crippen molar-refractivity contribution in [3.05, 3.63) is 35.9 Å². The van der Waals surface area contributed by atoms with Crippen molar-refractivity contribution in [2.45, 2.75) is 43.7 Å². The Morgan fingerprint density at radius 3 is 2.48 bits per heavy atom. The van der Waals surface area contributed by atoms with E-state index in [0.717, 1.165) is 32.7 Å². The van der Waals surface area contributed by atoms with E-state index in [1.54, 1.807) is 0 Å². The zero-order chi connectivity index (χ0) is 17.0. The number of nitrogens with zero attached hydrogens (tertiary/aromatic N) is 2. The van der Waals surface area contributed by atoms with E-state index < -0.39 is 0 Å². The molecule has 3 aliphatic rings. The van der Waals surface area contributed by atoms with Gasteiger partial charge in [0.2, 0.25) is 0 Å². The summed E-state index contributed by atoms with van der Waals surface area (Å²) in [5.41, 5.74) is 1.57. The third-order valence-corrected chi connectivity index (χ3v) is 6.35. The topological polar surface area (TPSA) is 24.9 Å². The third-order valence-electron chi connectivity index (χ3n) is 6.35. The molecule has 1 aromatic rings. The molecular weight excluding hydrogens is 312 g/mol. The van der Waals surface area contributed by atoms with E-state index in [-0.39, 0.29) is 5.60 Å². The fourth-order valence-electron chi connectivity index (χ4n) is 4.69. The van der Waals surface area contributed by atoms with Gasteiger partial charge >= 0.3 is 0 Å². The van der Waals surface area contributed by atoms with Crippen molar-refractivity contribution >= 4 is 0 Å². The second-order valence-electron chi connectivity index (χ2n) is 7.90. The summed E-state index contributed by atoms with van der Waals surface area (Å²) in [4.78, 5) is 5.37. The van der Waals surface area contributed by atoms with Crippen molar-refractivity contribution in [1.82, 2.24) is 9.80 Å². The van der Waals surface area contributed by atoms with Gasteiger partial charge in [-0.3, -0.25) is 4.90 Å². The first-order chi connectivity index (χ1) is 12.3. The number of hydrogen-bond donors (Lipinski definition) is 0. The van der Waals surface area contributed by atoms with Crippen molar-refractivity contribution in [2.24, 2.45) is 0 Å². The normalized spacial score (nSPS) is 28.2. The Hall–Kier alpha value is -0.940. The lowest BCUT2D eigenvalue weighted by molar-refractivity contribution is -0.153. The predicted octanol–water partition coefficient (Wildman–Crippen LogP) is 2.57. The summed E-state index contributed by atoms with van der Waals surface area (Å²) >= 11 is 0. The lowest BCUT2D eigenvalue weighted by atomic mass is 9.83. The number of hydrogen-bond acceptors (Lipinski definition) is 4. The average molecular weight is 344 g/mol. The van der Waals surface area contributed by atoms with Crippen LogP contribution in [0, 0.1) is 0 Å². The van der Waals surface area contributed by atoms with Gasteiger partial charge < -0.3 is 14.4 Å². The number of ether oxygens (including phenoxy) is 2. The summed E-state index contributed by atoms with van der Waals surface area (Å²) in [5, 5.41) is 0. The molecule has 4 heteroatoms. The lowest BCUT2D eigenvalue weighted by Gasteiger charge is -2.48. The van der Waals surface area contributed by atoms with Gasteiger partial charge in [0.1, 0.15) is 0 Å². The van der Waals surface area contributed by atoms with Crippen molar-refractivity contribution in [1.29, 1.82) is 0 Å². The number of benzene rings is 1. The monoisotopic (exact) mass is 344 g/mol. The molecule has 3 aliphatic heterocycles. The Morgan fingerprint density at radius 1 is 0.960 bits per heavy atom. The zero-order valence-corrected chi connectivity index (χ0v) is 15.4. The minimum Gasteiger partial charge on any atom is -0.381 e. The van der Waals surface area contributed by atoms with Gasteiger partial charge in [0.25, 0.3) is 0 Å². The number of rotatable bonds is 4. The van der Waals surface area contributed by atoms with Crippen LogP contribution in [0.1, 0.15) is 31.2 Å². The molecule has 0 bridgehead atoms. The fourth-order valence-corrected chi connectivity index (χ4v) is 4.69. The molecule has 25 heavy (non-hydrogen) atoms. The van der Waals surface area contributed by atoms with Crippen LogP contribution in [-0.4, -0.2) is 74.0 Å². The predicted molar refractivity (Wildman–Crippen MR) is 99.9 cm³/mol. The maximum atomic E-state index is 6.22. The molecule has 0 aromatic heterocycles. The zero-order valence-electron chi connectivity index (χ0n) is 15.4. The molecule has 0 radical (unpaired) electrons. The van der Waals surface area contributed by atoms with Crippen LogP contribution in [0.2, 0.25) is 0 Å². The Bertz CT molecular complexity index is 516. The smallest absolute Gasteiger partial charge is 0.0741 e. The van der Waals surface area contributed by atoms with Crippen molar-refractivity contribution in [3.8, 4) is 0 Å². The van der Waals surface area contributed by atoms with Crippen LogP contribution in [0.15, 0.2) is 30.3 Å². The van der Waals surface area contributed by atoms with Crippen LogP contribution in [0.4, 0.5) is 0 Å². The van der Waals surface area contributed by atoms with Crippen LogP contribution in [-0.2, 0) is 15.9 Å². The molecule has 3 heterocycles. The summed E-state index contributed by atoms with van der Waals surface area (Å²) in [7, 11) is 0. The summed E-state index contributed by atoms with van der Waals surface area (Å²) < 4.78 is 11.8. The van der Waals surface area contributed by atoms with Crippen molar-refractivity contribution < 1.29 is 9.47 Å². The first kappa shape index (κ1) is 17.5. The first-order valence-corrected chi connectivity index (χ1v) is 10.1. The summed E-state index contributed by atoms with van der Waals surface area (Å²) in [6, 6.07) is 11.6. The highest BCUT2D eigenvalue weighted by molar-refractivity contribution is 5.14. The molecule has 4 rings (SSSR count). The lowest BCUT2D eigenvalue weighted by Crippen LogP contribution is -2.56. The molecule has 1 atom stereocenters. The highest BCUT2D eigenvalue weighted by Gasteiger charge is 2.41. The van der Waals surface area contributed by atoms with E-state index in [4.69, 9.17) is 9.47 Å². The average Bonchev–Trinajstić information content (AvgIpc) is 2.68. The minimum atomic E-state index is 0.117. The van der Waals surface area contributed by atoms with Gasteiger partial charge in [0.05, 0.1) is 5.60 Å². The van der Waals surface area contributed by atoms with Gasteiger partial charge in [0.15, 0.2) is 0 Å². The van der Waals surface area contributed by atoms with E-state index in [1.165, 1.54) is 57.5 Å². The largest absolute Gasteiger partial charge is 0.381 e. The molecule has 3 saturated heterocycles. The standard InChI is InChI=1S/C21H32N2O2/c1-2-4-19(5-3-1)6-10-22-11-13-23(14-12-22)20-7-15-25-21(18-20)8-16-24-17-9-21/h1-5,20H,6-18H2. The maximum Gasteiger partial charge on any atom is 0.0741 e. The third kappa shape index (κ3) is 4.43. The second-order valence-corrected chi connectivity index (χ2v) is 7.90. The molecule has 1 spiro atoms. The van der Waals surface area contributed by atoms with Crippen LogP contribution >= 0.6 is 0 Å². The molecule has 1 aromatic carbocycles. The van der Waals surface area contributed by atoms with E-state index in [9.17, 15) is 0 Å². The minimum absolute atomic E-state index is 0.117. The SMILES string of the molecule is c1ccc(CCN2CCN(C3CCOC4(CCOCC4)C3)CC2)cc1.